The predicted octanol–water partition coefficient (Wildman–Crippen LogP) is 8.21. The van der Waals surface area contributed by atoms with E-state index in [1.807, 2.05) is 12.1 Å². The second kappa shape index (κ2) is 18.5. The summed E-state index contributed by atoms with van der Waals surface area (Å²) >= 11 is 17.5. The Bertz CT molecular complexity index is 1130. The summed E-state index contributed by atoms with van der Waals surface area (Å²) < 4.78 is 11.2. The van der Waals surface area contributed by atoms with E-state index in [1.165, 1.54) is 0 Å². The standard InChI is InChI=1S/2C12H12BrClN2O3/c2*1-2-19-12(18)11(10(17)7-14)16-15-9-5-3-4-8(13)6-9/h2*3-6,17H,2,7H2,1H3/b2*11-10+,16-15?. The van der Waals surface area contributed by atoms with Crippen LogP contribution in [0.2, 0.25) is 0 Å². The molecular weight excluding hydrogens is 671 g/mol. The van der Waals surface area contributed by atoms with Crippen molar-refractivity contribution in [1.82, 2.24) is 0 Å². The third kappa shape index (κ3) is 12.2. The van der Waals surface area contributed by atoms with E-state index in [4.69, 9.17) is 32.7 Å². The molecule has 38 heavy (non-hydrogen) atoms. The Morgan fingerprint density at radius 2 is 1.13 bits per heavy atom. The number of benzene rings is 2. The number of nitrogens with zero attached hydrogens (tertiary/aromatic N) is 4. The van der Waals surface area contributed by atoms with Gasteiger partial charge in [0, 0.05) is 8.95 Å². The van der Waals surface area contributed by atoms with Crippen LogP contribution in [0.4, 0.5) is 11.4 Å². The minimum absolute atomic E-state index is 0.171. The lowest BCUT2D eigenvalue weighted by Crippen LogP contribution is -2.09. The average Bonchev–Trinajstić information content (AvgIpc) is 2.89. The first-order valence-corrected chi connectivity index (χ1v) is 13.5. The Labute approximate surface area is 246 Å². The molecule has 0 saturated carbocycles. The maximum atomic E-state index is 11.6. The molecule has 0 spiro atoms. The molecule has 0 aliphatic heterocycles. The first kappa shape index (κ1) is 33.2. The Kier molecular flexibility index (Phi) is 16.1. The fourth-order valence-corrected chi connectivity index (χ4v) is 3.28. The van der Waals surface area contributed by atoms with Crippen molar-refractivity contribution in [3.8, 4) is 0 Å². The van der Waals surface area contributed by atoms with Crippen molar-refractivity contribution in [2.75, 3.05) is 25.0 Å². The monoisotopic (exact) mass is 692 g/mol. The fourth-order valence-electron chi connectivity index (χ4n) is 2.25. The zero-order chi connectivity index (χ0) is 28.5. The summed E-state index contributed by atoms with van der Waals surface area (Å²) in [5, 5.41) is 34.2. The smallest absolute Gasteiger partial charge is 0.362 e. The third-order valence-electron chi connectivity index (χ3n) is 3.88. The van der Waals surface area contributed by atoms with Crippen molar-refractivity contribution < 1.29 is 29.3 Å². The molecule has 0 radical (unpaired) electrons. The number of alkyl halides is 2. The van der Waals surface area contributed by atoms with Gasteiger partial charge in [0.05, 0.1) is 36.3 Å². The molecule has 0 fully saturated rings. The molecule has 2 aromatic carbocycles. The number of carbonyl (C=O) groups excluding carboxylic acids is 2. The molecule has 2 aromatic rings. The predicted molar refractivity (Wildman–Crippen MR) is 151 cm³/mol. The minimum atomic E-state index is -0.764. The molecule has 0 aliphatic rings. The van der Waals surface area contributed by atoms with Gasteiger partial charge in [0.25, 0.3) is 0 Å². The summed E-state index contributed by atoms with van der Waals surface area (Å²) in [5.41, 5.74) is 0.464. The lowest BCUT2D eigenvalue weighted by atomic mass is 10.3. The number of azo groups is 2. The number of rotatable bonds is 10. The molecule has 2 rings (SSSR count). The molecule has 10 nitrogen and oxygen atoms in total. The van der Waals surface area contributed by atoms with E-state index >= 15 is 0 Å². The summed E-state index contributed by atoms with van der Waals surface area (Å²) in [7, 11) is 0. The quantitative estimate of drug-likeness (QED) is 0.0844. The van der Waals surface area contributed by atoms with Gasteiger partial charge in [-0.1, -0.05) is 44.0 Å². The van der Waals surface area contributed by atoms with Crippen LogP contribution in [0.5, 0.6) is 0 Å². The normalized spacial score (nSPS) is 12.4. The van der Waals surface area contributed by atoms with Crippen molar-refractivity contribution in [3.63, 3.8) is 0 Å². The van der Waals surface area contributed by atoms with Gasteiger partial charge in [-0.25, -0.2) is 9.59 Å². The molecule has 0 bridgehead atoms. The molecule has 2 N–H and O–H groups in total. The van der Waals surface area contributed by atoms with Crippen molar-refractivity contribution in [2.24, 2.45) is 20.5 Å². The lowest BCUT2D eigenvalue weighted by molar-refractivity contribution is -0.139. The number of hydrogen-bond donors (Lipinski definition) is 2. The van der Waals surface area contributed by atoms with Gasteiger partial charge in [-0.15, -0.1) is 33.4 Å². The van der Waals surface area contributed by atoms with Crippen LogP contribution in [0.15, 0.2) is 101 Å². The Hall–Kier alpha value is -2.80. The molecule has 204 valence electrons. The van der Waals surface area contributed by atoms with Gasteiger partial charge in [0.15, 0.2) is 0 Å². The Morgan fingerprint density at radius 3 is 1.42 bits per heavy atom. The second-order valence-electron chi connectivity index (χ2n) is 6.66. The summed E-state index contributed by atoms with van der Waals surface area (Å²) in [4.78, 5) is 23.1. The molecule has 0 saturated heterocycles. The van der Waals surface area contributed by atoms with E-state index in [9.17, 15) is 19.8 Å². The topological polar surface area (TPSA) is 142 Å². The number of aliphatic hydroxyl groups excluding tert-OH is 2. The highest BCUT2D eigenvalue weighted by atomic mass is 79.9. The SMILES string of the molecule is CCOC(=O)/C(N=Nc1cccc(Br)c1)=C(\O)CCl.CCOC(=O)/C(N=Nc1cccc(Br)c1)=C(\O)CCl. The summed E-state index contributed by atoms with van der Waals surface area (Å²) in [6.45, 7) is 3.64. The number of hydrogen-bond acceptors (Lipinski definition) is 10. The van der Waals surface area contributed by atoms with Crippen LogP contribution in [-0.4, -0.2) is 47.1 Å². The lowest BCUT2D eigenvalue weighted by Gasteiger charge is -2.03. The van der Waals surface area contributed by atoms with Crippen LogP contribution < -0.4 is 0 Å². The van der Waals surface area contributed by atoms with Crippen molar-refractivity contribution in [1.29, 1.82) is 0 Å². The number of halogens is 4. The van der Waals surface area contributed by atoms with Crippen molar-refractivity contribution >= 4 is 78.4 Å². The first-order valence-electron chi connectivity index (χ1n) is 10.8. The van der Waals surface area contributed by atoms with Crippen LogP contribution in [-0.2, 0) is 19.1 Å². The largest absolute Gasteiger partial charge is 0.508 e. The van der Waals surface area contributed by atoms with Crippen molar-refractivity contribution in [2.45, 2.75) is 13.8 Å². The third-order valence-corrected chi connectivity index (χ3v) is 5.38. The van der Waals surface area contributed by atoms with Crippen LogP contribution in [0, 0.1) is 0 Å². The zero-order valence-corrected chi connectivity index (χ0v) is 25.0. The van der Waals surface area contributed by atoms with E-state index < -0.39 is 11.9 Å². The Morgan fingerprint density at radius 1 is 0.763 bits per heavy atom. The average molecular weight is 695 g/mol. The summed E-state index contributed by atoms with van der Waals surface area (Å²) in [5.74, 6) is -2.77. The molecular formula is C24H24Br2Cl2N4O6. The highest BCUT2D eigenvalue weighted by Gasteiger charge is 2.17. The van der Waals surface area contributed by atoms with Crippen LogP contribution in [0.1, 0.15) is 13.8 Å². The molecule has 0 aromatic heterocycles. The van der Waals surface area contributed by atoms with Crippen LogP contribution in [0.25, 0.3) is 0 Å². The van der Waals surface area contributed by atoms with Crippen LogP contribution >= 0.6 is 55.1 Å². The van der Waals surface area contributed by atoms with Crippen molar-refractivity contribution in [3.05, 3.63) is 80.4 Å². The molecule has 0 unspecified atom stereocenters. The van der Waals surface area contributed by atoms with E-state index in [2.05, 4.69) is 52.3 Å². The molecule has 0 aliphatic carbocycles. The number of aliphatic hydroxyl groups is 2. The van der Waals surface area contributed by atoms with Gasteiger partial charge in [0.2, 0.25) is 11.4 Å². The van der Waals surface area contributed by atoms with E-state index in [-0.39, 0.29) is 47.9 Å². The molecule has 0 atom stereocenters. The first-order chi connectivity index (χ1) is 18.2. The highest BCUT2D eigenvalue weighted by molar-refractivity contribution is 9.10. The van der Waals surface area contributed by atoms with E-state index in [0.29, 0.717) is 11.4 Å². The maximum Gasteiger partial charge on any atom is 0.362 e. The van der Waals surface area contributed by atoms with E-state index in [1.54, 1.807) is 50.2 Å². The van der Waals surface area contributed by atoms with Gasteiger partial charge >= 0.3 is 11.9 Å². The van der Waals surface area contributed by atoms with Gasteiger partial charge in [-0.05, 0) is 50.2 Å². The van der Waals surface area contributed by atoms with Gasteiger partial charge < -0.3 is 19.7 Å². The number of ether oxygens (including phenoxy) is 2. The molecule has 0 amide bonds. The fraction of sp³-hybridized carbons (Fsp3) is 0.250. The summed E-state index contributed by atoms with van der Waals surface area (Å²) in [6, 6.07) is 14.0. The Balaban J connectivity index is 0.000000380. The molecule has 0 heterocycles. The summed E-state index contributed by atoms with van der Waals surface area (Å²) in [6.07, 6.45) is 0. The van der Waals surface area contributed by atoms with Gasteiger partial charge in [0.1, 0.15) is 11.5 Å². The second-order valence-corrected chi connectivity index (χ2v) is 9.02. The number of carbonyl (C=O) groups is 2. The minimum Gasteiger partial charge on any atom is -0.508 e. The van der Waals surface area contributed by atoms with E-state index in [0.717, 1.165) is 8.95 Å². The zero-order valence-electron chi connectivity index (χ0n) is 20.3. The van der Waals surface area contributed by atoms with Crippen LogP contribution in [0.3, 0.4) is 0 Å². The molecule has 14 heteroatoms. The highest BCUT2D eigenvalue weighted by Crippen LogP contribution is 2.21. The number of esters is 2. The van der Waals surface area contributed by atoms with Gasteiger partial charge in [-0.3, -0.25) is 0 Å². The van der Waals surface area contributed by atoms with Gasteiger partial charge in [-0.2, -0.15) is 10.2 Å². The number of allylic oxidation sites excluding steroid dienone is 2. The maximum absolute atomic E-state index is 11.6.